The van der Waals surface area contributed by atoms with E-state index in [2.05, 4.69) is 20.5 Å². The van der Waals surface area contributed by atoms with Gasteiger partial charge < -0.3 is 9.47 Å². The van der Waals surface area contributed by atoms with E-state index in [4.69, 9.17) is 9.47 Å². The van der Waals surface area contributed by atoms with Gasteiger partial charge in [-0.05, 0) is 41.1 Å². The van der Waals surface area contributed by atoms with E-state index < -0.39 is 5.97 Å². The molecule has 8 nitrogen and oxygen atoms in total. The molecule has 31 heavy (non-hydrogen) atoms. The minimum Gasteiger partial charge on any atom is -0.496 e. The van der Waals surface area contributed by atoms with Crippen molar-refractivity contribution in [2.75, 3.05) is 7.11 Å². The Bertz CT molecular complexity index is 1220. The zero-order valence-electron chi connectivity index (χ0n) is 16.9. The zero-order chi connectivity index (χ0) is 21.6. The highest BCUT2D eigenvalue weighted by molar-refractivity contribution is 7.13. The van der Waals surface area contributed by atoms with E-state index in [-0.39, 0.29) is 12.3 Å². The molecule has 0 amide bonds. The summed E-state index contributed by atoms with van der Waals surface area (Å²) in [5.74, 6) is 0.667. The molecule has 0 fully saturated rings. The van der Waals surface area contributed by atoms with Gasteiger partial charge in [0.2, 0.25) is 0 Å². The van der Waals surface area contributed by atoms with Crippen LogP contribution in [0.2, 0.25) is 0 Å². The fourth-order valence-corrected chi connectivity index (χ4v) is 3.73. The number of hydrogen-bond acceptors (Lipinski definition) is 8. The highest BCUT2D eigenvalue weighted by Gasteiger charge is 2.19. The molecule has 0 spiro atoms. The van der Waals surface area contributed by atoms with Crippen LogP contribution in [0.15, 0.2) is 60.0 Å². The number of para-hydroxylation sites is 1. The number of benzene rings is 2. The molecule has 156 valence electrons. The maximum atomic E-state index is 12.9. The van der Waals surface area contributed by atoms with Gasteiger partial charge in [-0.25, -0.2) is 9.78 Å². The smallest absolute Gasteiger partial charge is 0.357 e. The van der Waals surface area contributed by atoms with Crippen LogP contribution in [0.4, 0.5) is 0 Å². The normalized spacial score (nSPS) is 11.4. The molecule has 9 heteroatoms. The number of nitrogens with zero attached hydrogens (tertiary/aromatic N) is 5. The minimum atomic E-state index is -0.550. The number of carbonyl (C=O) groups is 1. The third-order valence-corrected chi connectivity index (χ3v) is 5.33. The first-order valence-electron chi connectivity index (χ1n) is 9.42. The number of tetrazole rings is 1. The third kappa shape index (κ3) is 4.67. The van der Waals surface area contributed by atoms with Crippen molar-refractivity contribution < 1.29 is 14.3 Å². The Morgan fingerprint density at radius 3 is 2.65 bits per heavy atom. The molecule has 0 saturated heterocycles. The van der Waals surface area contributed by atoms with Gasteiger partial charge in [-0.3, -0.25) is 0 Å². The van der Waals surface area contributed by atoms with Crippen LogP contribution in [0.1, 0.15) is 17.1 Å². The van der Waals surface area contributed by atoms with Crippen molar-refractivity contribution in [2.24, 2.45) is 0 Å². The second-order valence-corrected chi connectivity index (χ2v) is 7.36. The maximum absolute atomic E-state index is 12.9. The summed E-state index contributed by atoms with van der Waals surface area (Å²) in [6.45, 7) is 1.74. The van der Waals surface area contributed by atoms with E-state index in [1.54, 1.807) is 20.1 Å². The molecule has 0 saturated carbocycles. The first-order valence-corrected chi connectivity index (χ1v) is 10.3. The van der Waals surface area contributed by atoms with Gasteiger partial charge >= 0.3 is 5.97 Å². The van der Waals surface area contributed by atoms with Crippen molar-refractivity contribution in [1.29, 1.82) is 0 Å². The summed E-state index contributed by atoms with van der Waals surface area (Å²) in [5, 5.41) is 14.1. The van der Waals surface area contributed by atoms with Crippen molar-refractivity contribution in [3.05, 3.63) is 77.1 Å². The Balaban J connectivity index is 1.53. The molecule has 0 unspecified atom stereocenters. The lowest BCUT2D eigenvalue weighted by Crippen LogP contribution is -2.15. The molecule has 0 aliphatic carbocycles. The molecule has 2 heterocycles. The molecule has 0 aliphatic heterocycles. The van der Waals surface area contributed by atoms with Crippen LogP contribution < -0.4 is 4.74 Å². The van der Waals surface area contributed by atoms with E-state index in [0.717, 1.165) is 21.9 Å². The first kappa shape index (κ1) is 20.4. The number of rotatable bonds is 7. The average molecular weight is 433 g/mol. The summed E-state index contributed by atoms with van der Waals surface area (Å²) >= 11 is 1.46. The Morgan fingerprint density at radius 2 is 1.90 bits per heavy atom. The Hall–Kier alpha value is -3.85. The van der Waals surface area contributed by atoms with Gasteiger partial charge in [-0.15, -0.1) is 16.4 Å². The van der Waals surface area contributed by atoms with Crippen LogP contribution >= 0.6 is 11.3 Å². The summed E-state index contributed by atoms with van der Waals surface area (Å²) in [5.41, 5.74) is 2.58. The molecule has 4 aromatic rings. The molecule has 0 atom stereocenters. The van der Waals surface area contributed by atoms with Crippen LogP contribution in [0.3, 0.4) is 0 Å². The van der Waals surface area contributed by atoms with E-state index >= 15 is 0 Å². The summed E-state index contributed by atoms with van der Waals surface area (Å²) in [4.78, 5) is 17.5. The van der Waals surface area contributed by atoms with Crippen LogP contribution in [0.5, 0.6) is 5.75 Å². The Kier molecular flexibility index (Phi) is 6.13. The molecule has 0 radical (unpaired) electrons. The van der Waals surface area contributed by atoms with Gasteiger partial charge in [0, 0.05) is 5.38 Å². The number of thiazole rings is 1. The predicted octanol–water partition coefficient (Wildman–Crippen LogP) is 3.86. The fraction of sp³-hybridized carbons (Fsp3) is 0.136. The maximum Gasteiger partial charge on any atom is 0.357 e. The van der Waals surface area contributed by atoms with Crippen molar-refractivity contribution in [3.63, 3.8) is 0 Å². The number of aromatic nitrogens is 5. The highest BCUT2D eigenvalue weighted by atomic mass is 32.1. The summed E-state index contributed by atoms with van der Waals surface area (Å²) in [7, 11) is 1.62. The molecule has 0 aliphatic rings. The van der Waals surface area contributed by atoms with Crippen molar-refractivity contribution in [2.45, 2.75) is 13.5 Å². The Morgan fingerprint density at radius 1 is 1.13 bits per heavy atom. The average Bonchev–Trinajstić information content (AvgIpc) is 3.45. The fourth-order valence-electron chi connectivity index (χ4n) is 2.90. The van der Waals surface area contributed by atoms with Crippen LogP contribution in [0, 0.1) is 6.92 Å². The van der Waals surface area contributed by atoms with E-state index in [0.29, 0.717) is 11.5 Å². The molecule has 0 bridgehead atoms. The standard InChI is InChI=1S/C22H19N5O3S/c1-15-24-25-26-27(15)19(12-16-8-4-3-5-9-16)22(28)30-13-17-14-31-21(23-17)18-10-6-7-11-20(18)29-2/h3-12,14H,13H2,1-2H3/b19-12-. The number of ether oxygens (including phenoxy) is 2. The van der Waals surface area contributed by atoms with Crippen LogP contribution in [0.25, 0.3) is 22.3 Å². The lowest BCUT2D eigenvalue weighted by atomic mass is 10.2. The summed E-state index contributed by atoms with van der Waals surface area (Å²) in [6.07, 6.45) is 1.69. The van der Waals surface area contributed by atoms with Crippen LogP contribution in [-0.2, 0) is 16.1 Å². The van der Waals surface area contributed by atoms with Gasteiger partial charge in [-0.1, -0.05) is 42.5 Å². The van der Waals surface area contributed by atoms with Crippen LogP contribution in [-0.4, -0.2) is 38.3 Å². The van der Waals surface area contributed by atoms with E-state index in [9.17, 15) is 4.79 Å². The lowest BCUT2D eigenvalue weighted by Gasteiger charge is -2.08. The largest absolute Gasteiger partial charge is 0.496 e. The molecule has 4 rings (SSSR count). The third-order valence-electron chi connectivity index (χ3n) is 4.41. The van der Waals surface area contributed by atoms with Gasteiger partial charge in [0.05, 0.1) is 18.4 Å². The van der Waals surface area contributed by atoms with E-state index in [1.165, 1.54) is 16.0 Å². The second-order valence-electron chi connectivity index (χ2n) is 6.50. The van der Waals surface area contributed by atoms with E-state index in [1.807, 2.05) is 60.0 Å². The Labute approximate surface area is 182 Å². The molecular weight excluding hydrogens is 414 g/mol. The quantitative estimate of drug-likeness (QED) is 0.323. The topological polar surface area (TPSA) is 92.0 Å². The first-order chi connectivity index (χ1) is 15.2. The number of esters is 1. The second kappa shape index (κ2) is 9.31. The van der Waals surface area contributed by atoms with Gasteiger partial charge in [0.15, 0.2) is 11.5 Å². The predicted molar refractivity (Wildman–Crippen MR) is 117 cm³/mol. The van der Waals surface area contributed by atoms with Gasteiger partial charge in [-0.2, -0.15) is 4.68 Å². The minimum absolute atomic E-state index is 0.0256. The SMILES string of the molecule is COc1ccccc1-c1nc(COC(=O)/C(=C/c2ccccc2)n2nnnc2C)cs1. The number of carbonyl (C=O) groups excluding carboxylic acids is 1. The molecule has 0 N–H and O–H groups in total. The molecule has 2 aromatic heterocycles. The lowest BCUT2D eigenvalue weighted by molar-refractivity contribution is -0.138. The number of hydrogen-bond donors (Lipinski definition) is 0. The summed E-state index contributed by atoms with van der Waals surface area (Å²) < 4.78 is 12.3. The van der Waals surface area contributed by atoms with Crippen molar-refractivity contribution >= 4 is 29.1 Å². The van der Waals surface area contributed by atoms with Gasteiger partial charge in [0.25, 0.3) is 0 Å². The van der Waals surface area contributed by atoms with Crippen molar-refractivity contribution in [1.82, 2.24) is 25.2 Å². The highest BCUT2D eigenvalue weighted by Crippen LogP contribution is 2.32. The molecular formula is C22H19N5O3S. The number of methoxy groups -OCH3 is 1. The monoisotopic (exact) mass is 433 g/mol. The van der Waals surface area contributed by atoms with Gasteiger partial charge in [0.1, 0.15) is 17.4 Å². The van der Waals surface area contributed by atoms with Crippen molar-refractivity contribution in [3.8, 4) is 16.3 Å². The number of aryl methyl sites for hydroxylation is 1. The zero-order valence-corrected chi connectivity index (χ0v) is 17.7. The summed E-state index contributed by atoms with van der Waals surface area (Å²) in [6, 6.07) is 17.1. The molecule has 2 aromatic carbocycles.